The van der Waals surface area contributed by atoms with Crippen LogP contribution < -0.4 is 5.32 Å². The van der Waals surface area contributed by atoms with Crippen molar-refractivity contribution in [2.24, 2.45) is 0 Å². The van der Waals surface area contributed by atoms with Crippen LogP contribution >= 0.6 is 0 Å². The number of amides is 1. The Kier molecular flexibility index (Phi) is 5.52. The molecule has 0 bridgehead atoms. The summed E-state index contributed by atoms with van der Waals surface area (Å²) in [5.74, 6) is -0.0193. The maximum Gasteiger partial charge on any atom is 0.228 e. The number of aryl methyl sites for hydroxylation is 1. The predicted molar refractivity (Wildman–Crippen MR) is 85.4 cm³/mol. The zero-order chi connectivity index (χ0) is 15.1. The standard InChI is InChI=1S/C18H21NO2/c1-2-14-3-5-16(6-4-14)13-18(21)19-17-9-7-15(8-10-17)11-12-20/h3-10,20H,2,11-13H2,1H3,(H,19,21). The Morgan fingerprint density at radius 1 is 0.952 bits per heavy atom. The van der Waals surface area contributed by atoms with Crippen molar-refractivity contribution in [3.63, 3.8) is 0 Å². The van der Waals surface area contributed by atoms with Crippen molar-refractivity contribution in [2.45, 2.75) is 26.2 Å². The highest BCUT2D eigenvalue weighted by molar-refractivity contribution is 5.92. The fourth-order valence-corrected chi connectivity index (χ4v) is 2.17. The number of aliphatic hydroxyl groups is 1. The van der Waals surface area contributed by atoms with Crippen LogP contribution in [0.3, 0.4) is 0 Å². The first-order chi connectivity index (χ1) is 10.2. The Bertz CT molecular complexity index is 573. The second-order valence-electron chi connectivity index (χ2n) is 5.07. The second-order valence-corrected chi connectivity index (χ2v) is 5.07. The molecule has 2 aromatic carbocycles. The molecule has 0 atom stereocenters. The lowest BCUT2D eigenvalue weighted by molar-refractivity contribution is -0.115. The molecule has 3 nitrogen and oxygen atoms in total. The molecule has 0 fully saturated rings. The summed E-state index contributed by atoms with van der Waals surface area (Å²) in [5.41, 5.74) is 4.14. The molecule has 0 aliphatic rings. The van der Waals surface area contributed by atoms with Gasteiger partial charge in [0.2, 0.25) is 5.91 Å². The van der Waals surface area contributed by atoms with E-state index in [1.165, 1.54) is 5.56 Å². The van der Waals surface area contributed by atoms with Gasteiger partial charge in [-0.3, -0.25) is 4.79 Å². The molecule has 2 rings (SSSR count). The van der Waals surface area contributed by atoms with E-state index in [-0.39, 0.29) is 12.5 Å². The largest absolute Gasteiger partial charge is 0.396 e. The monoisotopic (exact) mass is 283 g/mol. The van der Waals surface area contributed by atoms with Crippen molar-refractivity contribution < 1.29 is 9.90 Å². The molecule has 3 heteroatoms. The van der Waals surface area contributed by atoms with E-state index in [2.05, 4.69) is 24.4 Å². The van der Waals surface area contributed by atoms with Gasteiger partial charge in [0.15, 0.2) is 0 Å². The number of anilines is 1. The third kappa shape index (κ3) is 4.72. The molecule has 1 amide bonds. The van der Waals surface area contributed by atoms with E-state index in [0.717, 1.165) is 23.2 Å². The van der Waals surface area contributed by atoms with E-state index in [0.29, 0.717) is 12.8 Å². The van der Waals surface area contributed by atoms with Crippen LogP contribution in [-0.2, 0) is 24.1 Å². The summed E-state index contributed by atoms with van der Waals surface area (Å²) >= 11 is 0. The van der Waals surface area contributed by atoms with Gasteiger partial charge in [-0.15, -0.1) is 0 Å². The molecular weight excluding hydrogens is 262 g/mol. The van der Waals surface area contributed by atoms with Crippen molar-refractivity contribution in [3.8, 4) is 0 Å². The molecule has 2 N–H and O–H groups in total. The minimum Gasteiger partial charge on any atom is -0.396 e. The summed E-state index contributed by atoms with van der Waals surface area (Å²) in [7, 11) is 0. The third-order valence-electron chi connectivity index (χ3n) is 3.43. The van der Waals surface area contributed by atoms with Crippen LogP contribution in [0.1, 0.15) is 23.6 Å². The summed E-state index contributed by atoms with van der Waals surface area (Å²) in [4.78, 5) is 12.0. The lowest BCUT2D eigenvalue weighted by Crippen LogP contribution is -2.14. The molecule has 2 aromatic rings. The molecular formula is C18H21NO2. The number of rotatable bonds is 6. The fraction of sp³-hybridized carbons (Fsp3) is 0.278. The fourth-order valence-electron chi connectivity index (χ4n) is 2.17. The van der Waals surface area contributed by atoms with Crippen molar-refractivity contribution in [3.05, 3.63) is 65.2 Å². The highest BCUT2D eigenvalue weighted by Gasteiger charge is 2.04. The van der Waals surface area contributed by atoms with Gasteiger partial charge in [-0.05, 0) is 41.7 Å². The van der Waals surface area contributed by atoms with Crippen LogP contribution in [0.15, 0.2) is 48.5 Å². The van der Waals surface area contributed by atoms with E-state index in [1.54, 1.807) is 0 Å². The molecule has 0 unspecified atom stereocenters. The van der Waals surface area contributed by atoms with E-state index in [4.69, 9.17) is 5.11 Å². The van der Waals surface area contributed by atoms with Gasteiger partial charge in [0.25, 0.3) is 0 Å². The lowest BCUT2D eigenvalue weighted by atomic mass is 10.1. The van der Waals surface area contributed by atoms with E-state index in [9.17, 15) is 4.79 Å². The first-order valence-electron chi connectivity index (χ1n) is 7.28. The van der Waals surface area contributed by atoms with Crippen LogP contribution in [0.4, 0.5) is 5.69 Å². The van der Waals surface area contributed by atoms with Crippen molar-refractivity contribution in [1.82, 2.24) is 0 Å². The van der Waals surface area contributed by atoms with Crippen molar-refractivity contribution in [2.75, 3.05) is 11.9 Å². The molecule has 21 heavy (non-hydrogen) atoms. The summed E-state index contributed by atoms with van der Waals surface area (Å²) < 4.78 is 0. The zero-order valence-corrected chi connectivity index (χ0v) is 12.3. The van der Waals surface area contributed by atoms with Crippen molar-refractivity contribution >= 4 is 11.6 Å². The number of hydrogen-bond donors (Lipinski definition) is 2. The van der Waals surface area contributed by atoms with Crippen molar-refractivity contribution in [1.29, 1.82) is 0 Å². The number of carbonyl (C=O) groups is 1. The third-order valence-corrected chi connectivity index (χ3v) is 3.43. The van der Waals surface area contributed by atoms with Gasteiger partial charge in [-0.1, -0.05) is 43.3 Å². The van der Waals surface area contributed by atoms with Gasteiger partial charge < -0.3 is 10.4 Å². The first-order valence-corrected chi connectivity index (χ1v) is 7.28. The van der Waals surface area contributed by atoms with Crippen LogP contribution in [0.5, 0.6) is 0 Å². The molecule has 0 spiro atoms. The molecule has 0 saturated heterocycles. The van der Waals surface area contributed by atoms with Gasteiger partial charge in [0.1, 0.15) is 0 Å². The lowest BCUT2D eigenvalue weighted by Gasteiger charge is -2.07. The minimum atomic E-state index is -0.0193. The maximum atomic E-state index is 12.0. The summed E-state index contributed by atoms with van der Waals surface area (Å²) in [5, 5.41) is 11.8. The van der Waals surface area contributed by atoms with Gasteiger partial charge in [0.05, 0.1) is 6.42 Å². The normalized spacial score (nSPS) is 10.4. The Morgan fingerprint density at radius 2 is 1.52 bits per heavy atom. The van der Waals surface area contributed by atoms with Gasteiger partial charge >= 0.3 is 0 Å². The zero-order valence-electron chi connectivity index (χ0n) is 12.3. The van der Waals surface area contributed by atoms with Gasteiger partial charge in [0, 0.05) is 12.3 Å². The Morgan fingerprint density at radius 3 is 2.10 bits per heavy atom. The predicted octanol–water partition coefficient (Wildman–Crippen LogP) is 2.97. The van der Waals surface area contributed by atoms with Crippen LogP contribution in [0.2, 0.25) is 0 Å². The highest BCUT2D eigenvalue weighted by atomic mass is 16.2. The topological polar surface area (TPSA) is 49.3 Å². The molecule has 0 aromatic heterocycles. The average molecular weight is 283 g/mol. The van der Waals surface area contributed by atoms with Gasteiger partial charge in [-0.2, -0.15) is 0 Å². The van der Waals surface area contributed by atoms with Crippen LogP contribution in [0, 0.1) is 0 Å². The molecule has 0 saturated carbocycles. The van der Waals surface area contributed by atoms with E-state index >= 15 is 0 Å². The highest BCUT2D eigenvalue weighted by Crippen LogP contribution is 2.11. The number of carbonyl (C=O) groups excluding carboxylic acids is 1. The maximum absolute atomic E-state index is 12.0. The number of benzene rings is 2. The Hall–Kier alpha value is -2.13. The van der Waals surface area contributed by atoms with E-state index in [1.807, 2.05) is 36.4 Å². The molecule has 0 heterocycles. The molecule has 0 aliphatic heterocycles. The van der Waals surface area contributed by atoms with Crippen LogP contribution in [0.25, 0.3) is 0 Å². The molecule has 110 valence electrons. The Labute approximate surface area is 125 Å². The first kappa shape index (κ1) is 15.3. The number of hydrogen-bond acceptors (Lipinski definition) is 2. The van der Waals surface area contributed by atoms with E-state index < -0.39 is 0 Å². The average Bonchev–Trinajstić information content (AvgIpc) is 2.50. The summed E-state index contributed by atoms with van der Waals surface area (Å²) in [6.45, 7) is 2.25. The summed E-state index contributed by atoms with van der Waals surface area (Å²) in [6, 6.07) is 15.7. The van der Waals surface area contributed by atoms with Gasteiger partial charge in [-0.25, -0.2) is 0 Å². The number of aliphatic hydroxyl groups excluding tert-OH is 1. The van der Waals surface area contributed by atoms with Crippen LogP contribution in [-0.4, -0.2) is 17.6 Å². The molecule has 0 radical (unpaired) electrons. The minimum absolute atomic E-state index is 0.0193. The Balaban J connectivity index is 1.91. The second kappa shape index (κ2) is 7.60. The SMILES string of the molecule is CCc1ccc(CC(=O)Nc2ccc(CCO)cc2)cc1. The summed E-state index contributed by atoms with van der Waals surface area (Å²) in [6.07, 6.45) is 2.02. The quantitative estimate of drug-likeness (QED) is 0.856. The molecule has 0 aliphatic carbocycles. The smallest absolute Gasteiger partial charge is 0.228 e. The number of nitrogens with one attached hydrogen (secondary N) is 1.